The predicted octanol–water partition coefficient (Wildman–Crippen LogP) is 7.05. The number of hydrogen-bond donors (Lipinski definition) is 1. The van der Waals surface area contributed by atoms with E-state index >= 15 is 0 Å². The molecule has 1 N–H and O–H groups in total. The van der Waals surface area contributed by atoms with Crippen LogP contribution in [0.1, 0.15) is 23.6 Å². The maximum absolute atomic E-state index is 13.0. The second-order valence-electron chi connectivity index (χ2n) is 6.61. The van der Waals surface area contributed by atoms with Crippen molar-refractivity contribution in [2.24, 2.45) is 0 Å². The largest absolute Gasteiger partial charge is 0.490 e. The zero-order valence-corrected chi connectivity index (χ0v) is 18.6. The number of ether oxygens (including phenoxy) is 2. The third-order valence-electron chi connectivity index (χ3n) is 4.31. The first-order valence-corrected chi connectivity index (χ1v) is 10.6. The fourth-order valence-electron chi connectivity index (χ4n) is 2.86. The summed E-state index contributed by atoms with van der Waals surface area (Å²) in [5.74, 6) is 0.805. The Bertz CT molecular complexity index is 996. The first-order valence-electron chi connectivity index (χ1n) is 9.43. The Morgan fingerprint density at radius 3 is 2.13 bits per heavy atom. The first-order chi connectivity index (χ1) is 14.5. The minimum absolute atomic E-state index is 0.247. The summed E-state index contributed by atoms with van der Waals surface area (Å²) in [5, 5.41) is 4.74. The lowest BCUT2D eigenvalue weighted by molar-refractivity contribution is 0.269. The van der Waals surface area contributed by atoms with Gasteiger partial charge in [0, 0.05) is 13.1 Å². The molecule has 158 valence electrons. The van der Waals surface area contributed by atoms with Crippen molar-refractivity contribution >= 4 is 34.8 Å². The summed E-state index contributed by atoms with van der Waals surface area (Å²) >= 11 is 18.5. The van der Waals surface area contributed by atoms with Gasteiger partial charge >= 0.3 is 0 Å². The Hall–Kier alpha value is -1.98. The third-order valence-corrected chi connectivity index (χ3v) is 5.33. The smallest absolute Gasteiger partial charge is 0.180 e. The summed E-state index contributed by atoms with van der Waals surface area (Å²) in [7, 11) is 0. The van der Waals surface area contributed by atoms with Gasteiger partial charge in [0.15, 0.2) is 11.5 Å². The molecule has 3 rings (SSSR count). The maximum atomic E-state index is 13.0. The van der Waals surface area contributed by atoms with Crippen molar-refractivity contribution in [3.63, 3.8) is 0 Å². The molecule has 7 heteroatoms. The molecule has 3 nitrogen and oxygen atoms in total. The summed E-state index contributed by atoms with van der Waals surface area (Å²) in [4.78, 5) is 0. The highest BCUT2D eigenvalue weighted by Gasteiger charge is 2.13. The lowest BCUT2D eigenvalue weighted by Gasteiger charge is -2.16. The number of rotatable bonds is 9. The van der Waals surface area contributed by atoms with E-state index in [1.165, 1.54) is 12.1 Å². The van der Waals surface area contributed by atoms with E-state index in [1.54, 1.807) is 24.3 Å². The number of halogens is 4. The van der Waals surface area contributed by atoms with Crippen LogP contribution in [0.4, 0.5) is 4.39 Å². The summed E-state index contributed by atoms with van der Waals surface area (Å²) in [6, 6.07) is 15.5. The summed E-state index contributed by atoms with van der Waals surface area (Å²) in [6.07, 6.45) is 0. The molecule has 0 aliphatic heterocycles. The Morgan fingerprint density at radius 2 is 1.43 bits per heavy atom. The molecule has 0 aliphatic rings. The van der Waals surface area contributed by atoms with Gasteiger partial charge in [-0.05, 0) is 60.0 Å². The van der Waals surface area contributed by atoms with Gasteiger partial charge in [0.2, 0.25) is 0 Å². The monoisotopic (exact) mass is 467 g/mol. The standard InChI is InChI=1S/C23H21Cl3FNO2/c1-2-29-22-11-17(13-28-12-15-3-6-18(27)7-4-15)10-21(26)23(22)30-14-16-5-8-19(24)20(25)9-16/h3-11,28H,2,12-14H2,1H3. The van der Waals surface area contributed by atoms with Crippen LogP contribution >= 0.6 is 34.8 Å². The van der Waals surface area contributed by atoms with Crippen LogP contribution in [0.3, 0.4) is 0 Å². The molecule has 0 aliphatic carbocycles. The highest BCUT2D eigenvalue weighted by atomic mass is 35.5. The molecule has 0 amide bonds. The average Bonchev–Trinajstić information content (AvgIpc) is 2.72. The van der Waals surface area contributed by atoms with E-state index in [1.807, 2.05) is 25.1 Å². The zero-order valence-electron chi connectivity index (χ0n) is 16.4. The highest BCUT2D eigenvalue weighted by Crippen LogP contribution is 2.37. The molecule has 0 heterocycles. The van der Waals surface area contributed by atoms with Crippen LogP contribution < -0.4 is 14.8 Å². The van der Waals surface area contributed by atoms with Gasteiger partial charge in [0.1, 0.15) is 12.4 Å². The first kappa shape index (κ1) is 22.7. The van der Waals surface area contributed by atoms with Crippen molar-refractivity contribution in [1.29, 1.82) is 0 Å². The highest BCUT2D eigenvalue weighted by molar-refractivity contribution is 6.42. The molecule has 0 spiro atoms. The maximum Gasteiger partial charge on any atom is 0.180 e. The Kier molecular flexibility index (Phi) is 8.23. The second kappa shape index (κ2) is 10.9. The molecule has 3 aromatic carbocycles. The molecule has 0 bridgehead atoms. The van der Waals surface area contributed by atoms with Crippen molar-refractivity contribution in [2.75, 3.05) is 6.61 Å². The van der Waals surface area contributed by atoms with E-state index in [9.17, 15) is 4.39 Å². The van der Waals surface area contributed by atoms with Gasteiger partial charge < -0.3 is 14.8 Å². The predicted molar refractivity (Wildman–Crippen MR) is 120 cm³/mol. The molecule has 0 saturated carbocycles. The molecule has 3 aromatic rings. The van der Waals surface area contributed by atoms with E-state index in [-0.39, 0.29) is 12.4 Å². The van der Waals surface area contributed by atoms with Crippen LogP contribution in [0.5, 0.6) is 11.5 Å². The quantitative estimate of drug-likeness (QED) is 0.365. The molecule has 0 radical (unpaired) electrons. The molecular formula is C23H21Cl3FNO2. The normalized spacial score (nSPS) is 10.8. The van der Waals surface area contributed by atoms with Crippen molar-refractivity contribution in [2.45, 2.75) is 26.6 Å². The molecule has 0 fully saturated rings. The number of benzene rings is 3. The average molecular weight is 469 g/mol. The van der Waals surface area contributed by atoms with Gasteiger partial charge in [0.05, 0.1) is 21.7 Å². The van der Waals surface area contributed by atoms with Gasteiger partial charge in [-0.1, -0.05) is 53.0 Å². The van der Waals surface area contributed by atoms with Crippen LogP contribution in [0.2, 0.25) is 15.1 Å². The summed E-state index contributed by atoms with van der Waals surface area (Å²) in [6.45, 7) is 3.84. The number of nitrogens with one attached hydrogen (secondary N) is 1. The van der Waals surface area contributed by atoms with Gasteiger partial charge in [0.25, 0.3) is 0 Å². The molecule has 0 saturated heterocycles. The topological polar surface area (TPSA) is 30.5 Å². The molecule has 0 aromatic heterocycles. The molecule has 0 atom stereocenters. The van der Waals surface area contributed by atoms with Crippen LogP contribution in [0, 0.1) is 5.82 Å². The number of hydrogen-bond acceptors (Lipinski definition) is 3. The van der Waals surface area contributed by atoms with E-state index in [0.29, 0.717) is 46.3 Å². The Morgan fingerprint density at radius 1 is 0.767 bits per heavy atom. The van der Waals surface area contributed by atoms with Crippen molar-refractivity contribution in [1.82, 2.24) is 5.32 Å². The zero-order chi connectivity index (χ0) is 21.5. The summed E-state index contributed by atoms with van der Waals surface area (Å²) in [5.41, 5.74) is 2.81. The van der Waals surface area contributed by atoms with Crippen LogP contribution in [-0.4, -0.2) is 6.61 Å². The van der Waals surface area contributed by atoms with Gasteiger partial charge in [-0.15, -0.1) is 0 Å². The molecule has 0 unspecified atom stereocenters. The summed E-state index contributed by atoms with van der Waals surface area (Å²) < 4.78 is 24.7. The fourth-order valence-corrected chi connectivity index (χ4v) is 3.47. The van der Waals surface area contributed by atoms with Crippen LogP contribution in [-0.2, 0) is 19.7 Å². The van der Waals surface area contributed by atoms with E-state index in [0.717, 1.165) is 16.7 Å². The van der Waals surface area contributed by atoms with E-state index < -0.39 is 0 Å². The van der Waals surface area contributed by atoms with Crippen molar-refractivity contribution in [3.8, 4) is 11.5 Å². The minimum Gasteiger partial charge on any atom is -0.490 e. The Balaban J connectivity index is 1.68. The third kappa shape index (κ3) is 6.26. The van der Waals surface area contributed by atoms with Crippen LogP contribution in [0.15, 0.2) is 54.6 Å². The van der Waals surface area contributed by atoms with Gasteiger partial charge in [-0.2, -0.15) is 0 Å². The minimum atomic E-state index is -0.247. The SMILES string of the molecule is CCOc1cc(CNCc2ccc(F)cc2)cc(Cl)c1OCc1ccc(Cl)c(Cl)c1. The lowest BCUT2D eigenvalue weighted by atomic mass is 10.1. The van der Waals surface area contributed by atoms with Crippen molar-refractivity contribution < 1.29 is 13.9 Å². The van der Waals surface area contributed by atoms with E-state index in [2.05, 4.69) is 5.32 Å². The molecule has 30 heavy (non-hydrogen) atoms. The van der Waals surface area contributed by atoms with Crippen molar-refractivity contribution in [3.05, 3.63) is 92.2 Å². The van der Waals surface area contributed by atoms with Gasteiger partial charge in [-0.25, -0.2) is 4.39 Å². The molecular weight excluding hydrogens is 448 g/mol. The Labute approximate surface area is 190 Å². The fraction of sp³-hybridized carbons (Fsp3) is 0.217. The second-order valence-corrected chi connectivity index (χ2v) is 7.83. The van der Waals surface area contributed by atoms with E-state index in [4.69, 9.17) is 44.3 Å². The van der Waals surface area contributed by atoms with Crippen LogP contribution in [0.25, 0.3) is 0 Å². The lowest BCUT2D eigenvalue weighted by Crippen LogP contribution is -2.13. The van der Waals surface area contributed by atoms with Gasteiger partial charge in [-0.3, -0.25) is 0 Å².